The van der Waals surface area contributed by atoms with Crippen molar-refractivity contribution in [1.82, 2.24) is 24.8 Å². The van der Waals surface area contributed by atoms with Crippen molar-refractivity contribution in [2.75, 3.05) is 23.7 Å². The van der Waals surface area contributed by atoms with E-state index in [1.165, 1.54) is 6.33 Å². The summed E-state index contributed by atoms with van der Waals surface area (Å²) in [6, 6.07) is 20.9. The van der Waals surface area contributed by atoms with Crippen molar-refractivity contribution in [2.45, 2.75) is 75.1 Å². The van der Waals surface area contributed by atoms with Crippen LogP contribution in [0, 0.1) is 0 Å². The SMILES string of the molecule is CCNC(=O)[C@H]1O[C@@H](n2cnc3c(NCC(c4ccccc4)c4ccccc4)nc(NC4CCC(N)CC4)nc32)[C@H](O)[C@@H]1O. The molecule has 1 saturated heterocycles. The molecule has 1 saturated carbocycles. The second-order valence-electron chi connectivity index (χ2n) is 11.6. The molecule has 0 bridgehead atoms. The van der Waals surface area contributed by atoms with E-state index in [0.717, 1.165) is 36.8 Å². The zero-order chi connectivity index (χ0) is 30.6. The van der Waals surface area contributed by atoms with Crippen LogP contribution < -0.4 is 21.7 Å². The second kappa shape index (κ2) is 13.3. The van der Waals surface area contributed by atoms with Gasteiger partial charge in [-0.25, -0.2) is 4.98 Å². The van der Waals surface area contributed by atoms with Crippen LogP contribution in [0.5, 0.6) is 0 Å². The molecule has 6 rings (SSSR count). The van der Waals surface area contributed by atoms with Gasteiger partial charge in [-0.15, -0.1) is 0 Å². The normalized spacial score (nSPS) is 25.3. The molecule has 12 nitrogen and oxygen atoms in total. The number of aliphatic hydroxyl groups is 2. The second-order valence-corrected chi connectivity index (χ2v) is 11.6. The summed E-state index contributed by atoms with van der Waals surface area (Å²) in [5.41, 5.74) is 9.34. The molecule has 1 aliphatic carbocycles. The number of nitrogens with one attached hydrogen (secondary N) is 3. The third-order valence-electron chi connectivity index (χ3n) is 8.53. The predicted octanol–water partition coefficient (Wildman–Crippen LogP) is 2.51. The average molecular weight is 601 g/mol. The van der Waals surface area contributed by atoms with Crippen LogP contribution in [0.3, 0.4) is 0 Å². The van der Waals surface area contributed by atoms with E-state index in [4.69, 9.17) is 20.4 Å². The summed E-state index contributed by atoms with van der Waals surface area (Å²) in [4.78, 5) is 26.8. The van der Waals surface area contributed by atoms with E-state index in [1.54, 1.807) is 11.5 Å². The van der Waals surface area contributed by atoms with Crippen molar-refractivity contribution in [3.63, 3.8) is 0 Å². The van der Waals surface area contributed by atoms with Crippen LogP contribution in [0.2, 0.25) is 0 Å². The molecule has 1 aliphatic heterocycles. The lowest BCUT2D eigenvalue weighted by Gasteiger charge is -2.27. The molecule has 2 aromatic heterocycles. The van der Waals surface area contributed by atoms with Crippen LogP contribution >= 0.6 is 0 Å². The van der Waals surface area contributed by atoms with Crippen LogP contribution in [0.25, 0.3) is 11.2 Å². The maximum absolute atomic E-state index is 12.5. The quantitative estimate of drug-likeness (QED) is 0.159. The summed E-state index contributed by atoms with van der Waals surface area (Å²) in [6.07, 6.45) is 0.0494. The number of nitrogens with two attached hydrogens (primary N) is 1. The van der Waals surface area contributed by atoms with Crippen molar-refractivity contribution in [1.29, 1.82) is 0 Å². The van der Waals surface area contributed by atoms with Crippen molar-refractivity contribution < 1.29 is 19.7 Å². The molecule has 0 unspecified atom stereocenters. The number of fused-ring (bicyclic) bond motifs is 1. The van der Waals surface area contributed by atoms with Gasteiger partial charge in [0.2, 0.25) is 5.95 Å². The van der Waals surface area contributed by atoms with E-state index >= 15 is 0 Å². The maximum Gasteiger partial charge on any atom is 0.252 e. The van der Waals surface area contributed by atoms with Crippen LogP contribution in [-0.4, -0.2) is 79.1 Å². The van der Waals surface area contributed by atoms with Crippen molar-refractivity contribution in [3.05, 3.63) is 78.1 Å². The van der Waals surface area contributed by atoms with Crippen LogP contribution in [-0.2, 0) is 9.53 Å². The molecule has 1 amide bonds. The fourth-order valence-corrected chi connectivity index (χ4v) is 6.12. The highest BCUT2D eigenvalue weighted by atomic mass is 16.6. The van der Waals surface area contributed by atoms with Gasteiger partial charge in [-0.1, -0.05) is 60.7 Å². The number of aliphatic hydroxyl groups excluding tert-OH is 2. The maximum atomic E-state index is 12.5. The zero-order valence-corrected chi connectivity index (χ0v) is 24.7. The molecule has 4 atom stereocenters. The lowest BCUT2D eigenvalue weighted by molar-refractivity contribution is -0.137. The van der Waals surface area contributed by atoms with Gasteiger partial charge >= 0.3 is 0 Å². The van der Waals surface area contributed by atoms with Crippen LogP contribution in [0.1, 0.15) is 55.9 Å². The smallest absolute Gasteiger partial charge is 0.252 e. The number of ether oxygens (including phenoxy) is 1. The van der Waals surface area contributed by atoms with E-state index in [1.807, 2.05) is 36.4 Å². The van der Waals surface area contributed by atoms with E-state index in [-0.39, 0.29) is 18.0 Å². The van der Waals surface area contributed by atoms with Crippen molar-refractivity contribution in [2.24, 2.45) is 5.73 Å². The van der Waals surface area contributed by atoms with Gasteiger partial charge in [0.25, 0.3) is 5.91 Å². The summed E-state index contributed by atoms with van der Waals surface area (Å²) in [7, 11) is 0. The monoisotopic (exact) mass is 600 g/mol. The fraction of sp³-hybridized carbons (Fsp3) is 0.438. The molecule has 4 aromatic rings. The Labute approximate surface area is 256 Å². The van der Waals surface area contributed by atoms with Crippen molar-refractivity contribution in [3.8, 4) is 0 Å². The molecule has 0 spiro atoms. The Morgan fingerprint density at radius 1 is 1.00 bits per heavy atom. The Morgan fingerprint density at radius 3 is 2.30 bits per heavy atom. The number of nitrogens with zero attached hydrogens (tertiary/aromatic N) is 4. The molecule has 2 aliphatic rings. The van der Waals surface area contributed by atoms with E-state index in [0.29, 0.717) is 36.0 Å². The summed E-state index contributed by atoms with van der Waals surface area (Å²) in [6.45, 7) is 2.68. The number of amides is 1. The third-order valence-corrected chi connectivity index (χ3v) is 8.53. The van der Waals surface area contributed by atoms with E-state index < -0.39 is 30.4 Å². The third kappa shape index (κ3) is 6.25. The Balaban J connectivity index is 1.34. The summed E-state index contributed by atoms with van der Waals surface area (Å²) < 4.78 is 7.46. The summed E-state index contributed by atoms with van der Waals surface area (Å²) >= 11 is 0. The molecule has 232 valence electrons. The van der Waals surface area contributed by atoms with Gasteiger partial charge in [0.15, 0.2) is 29.3 Å². The molecule has 2 aromatic carbocycles. The number of benzene rings is 2. The number of hydrogen-bond acceptors (Lipinski definition) is 10. The number of anilines is 2. The van der Waals surface area contributed by atoms with Gasteiger partial charge in [-0.2, -0.15) is 9.97 Å². The molecular formula is C32H40N8O4. The number of imidazole rings is 1. The largest absolute Gasteiger partial charge is 0.387 e. The number of aromatic nitrogens is 4. The molecular weight excluding hydrogens is 560 g/mol. The standard InChI is InChI=1S/C32H40N8O4/c1-2-34-30(43)27-25(41)26(42)31(44-27)40-18-36-24-28(38-32(39-29(24)40)37-22-15-13-21(33)14-16-22)35-17-23(19-9-5-3-6-10-19)20-11-7-4-8-12-20/h3-12,18,21-23,25-27,31,41-42H,2,13-17,33H2,1H3,(H,34,43)(H2,35,37,38,39)/t21?,22?,25-,26+,27-,31+/m0/s1. The van der Waals surface area contributed by atoms with Gasteiger partial charge in [-0.05, 0) is 43.7 Å². The molecule has 3 heterocycles. The molecule has 12 heteroatoms. The topological polar surface area (TPSA) is 172 Å². The predicted molar refractivity (Wildman–Crippen MR) is 167 cm³/mol. The highest BCUT2D eigenvalue weighted by Crippen LogP contribution is 2.34. The van der Waals surface area contributed by atoms with E-state index in [9.17, 15) is 15.0 Å². The average Bonchev–Trinajstić information content (AvgIpc) is 3.59. The Morgan fingerprint density at radius 2 is 1.66 bits per heavy atom. The lowest BCUT2D eigenvalue weighted by atomic mass is 9.91. The first-order chi connectivity index (χ1) is 21.4. The number of rotatable bonds is 10. The van der Waals surface area contributed by atoms with Crippen molar-refractivity contribution >= 4 is 28.8 Å². The van der Waals surface area contributed by atoms with E-state index in [2.05, 4.69) is 45.2 Å². The zero-order valence-electron chi connectivity index (χ0n) is 24.7. The fourth-order valence-electron chi connectivity index (χ4n) is 6.12. The highest BCUT2D eigenvalue weighted by molar-refractivity contribution is 5.85. The molecule has 2 fully saturated rings. The van der Waals surface area contributed by atoms with Crippen LogP contribution in [0.4, 0.5) is 11.8 Å². The first-order valence-electron chi connectivity index (χ1n) is 15.3. The Bertz CT molecular complexity index is 1500. The number of likely N-dealkylation sites (N-methyl/N-ethyl adjacent to an activating group) is 1. The van der Waals surface area contributed by atoms with Gasteiger partial charge < -0.3 is 36.6 Å². The van der Waals surface area contributed by atoms with Crippen LogP contribution in [0.15, 0.2) is 67.0 Å². The highest BCUT2D eigenvalue weighted by Gasteiger charge is 2.47. The number of carbonyl (C=O) groups is 1. The Hall–Kier alpha value is -4.10. The Kier molecular flexibility index (Phi) is 9.03. The summed E-state index contributed by atoms with van der Waals surface area (Å²) in [5.74, 6) is 0.475. The van der Waals surface area contributed by atoms with Gasteiger partial charge in [0.1, 0.15) is 12.2 Å². The molecule has 44 heavy (non-hydrogen) atoms. The minimum Gasteiger partial charge on any atom is -0.387 e. The molecule has 7 N–H and O–H groups in total. The lowest BCUT2D eigenvalue weighted by Crippen LogP contribution is -2.42. The first kappa shape index (κ1) is 29.9. The number of carbonyl (C=O) groups excluding carboxylic acids is 1. The van der Waals surface area contributed by atoms with Gasteiger partial charge in [-0.3, -0.25) is 9.36 Å². The number of hydrogen-bond donors (Lipinski definition) is 6. The molecule has 0 radical (unpaired) electrons. The van der Waals surface area contributed by atoms with Gasteiger partial charge in [0, 0.05) is 31.1 Å². The first-order valence-corrected chi connectivity index (χ1v) is 15.3. The summed E-state index contributed by atoms with van der Waals surface area (Å²) in [5, 5.41) is 31.3. The van der Waals surface area contributed by atoms with Gasteiger partial charge in [0.05, 0.1) is 6.33 Å². The minimum atomic E-state index is -1.41. The minimum absolute atomic E-state index is 0.0358.